The lowest BCUT2D eigenvalue weighted by atomic mass is 9.98. The molecule has 2 fully saturated rings. The van der Waals surface area contributed by atoms with Gasteiger partial charge in [0.25, 0.3) is 5.91 Å². The standard InChI is InChI=1S/C23H29N3O4S/c24-22(28)20-21(31-23(26-20)16-10-12-25-13-11-16)15-6-8-17(9-7-15)29-14-19(27)30-18-4-2-1-3-5-18/h6-9,16,18,25H,1-5,10-14H2,(H2,24,28). The second-order valence-corrected chi connectivity index (χ2v) is 9.21. The summed E-state index contributed by atoms with van der Waals surface area (Å²) in [7, 11) is 0. The van der Waals surface area contributed by atoms with Crippen LogP contribution in [0.3, 0.4) is 0 Å². The van der Waals surface area contributed by atoms with E-state index in [9.17, 15) is 9.59 Å². The van der Waals surface area contributed by atoms with E-state index in [0.717, 1.165) is 67.1 Å². The summed E-state index contributed by atoms with van der Waals surface area (Å²) >= 11 is 1.54. The summed E-state index contributed by atoms with van der Waals surface area (Å²) in [6, 6.07) is 7.32. The van der Waals surface area contributed by atoms with E-state index < -0.39 is 5.91 Å². The number of nitrogens with one attached hydrogen (secondary N) is 1. The lowest BCUT2D eigenvalue weighted by Crippen LogP contribution is -2.26. The predicted octanol–water partition coefficient (Wildman–Crippen LogP) is 3.63. The fourth-order valence-corrected chi connectivity index (χ4v) is 5.44. The lowest BCUT2D eigenvalue weighted by Gasteiger charge is -2.21. The molecule has 1 aliphatic carbocycles. The average Bonchev–Trinajstić information content (AvgIpc) is 3.25. The molecule has 166 valence electrons. The van der Waals surface area contributed by atoms with Gasteiger partial charge in [0.2, 0.25) is 0 Å². The van der Waals surface area contributed by atoms with Gasteiger partial charge in [-0.25, -0.2) is 9.78 Å². The van der Waals surface area contributed by atoms with Gasteiger partial charge in [-0.1, -0.05) is 6.42 Å². The average molecular weight is 444 g/mol. The second kappa shape index (κ2) is 10.2. The van der Waals surface area contributed by atoms with Crippen LogP contribution in [-0.2, 0) is 9.53 Å². The van der Waals surface area contributed by atoms with Gasteiger partial charge in [-0.3, -0.25) is 4.79 Å². The van der Waals surface area contributed by atoms with Crippen molar-refractivity contribution in [3.05, 3.63) is 35.0 Å². The second-order valence-electron chi connectivity index (χ2n) is 8.18. The smallest absolute Gasteiger partial charge is 0.344 e. The van der Waals surface area contributed by atoms with Crippen molar-refractivity contribution in [1.29, 1.82) is 0 Å². The Morgan fingerprint density at radius 2 is 1.77 bits per heavy atom. The van der Waals surface area contributed by atoms with Crippen LogP contribution in [0.25, 0.3) is 10.4 Å². The van der Waals surface area contributed by atoms with Crippen molar-refractivity contribution < 1.29 is 19.1 Å². The molecule has 1 saturated carbocycles. The molecule has 2 aromatic rings. The highest BCUT2D eigenvalue weighted by atomic mass is 32.1. The quantitative estimate of drug-likeness (QED) is 0.634. The Bertz CT molecular complexity index is 900. The molecule has 1 aromatic heterocycles. The van der Waals surface area contributed by atoms with E-state index in [0.29, 0.717) is 17.4 Å². The molecule has 1 aromatic carbocycles. The molecule has 0 atom stereocenters. The number of amides is 1. The van der Waals surface area contributed by atoms with E-state index in [4.69, 9.17) is 15.2 Å². The molecular weight excluding hydrogens is 414 g/mol. The molecule has 2 heterocycles. The first kappa shape index (κ1) is 21.8. The highest BCUT2D eigenvalue weighted by Gasteiger charge is 2.24. The number of rotatable bonds is 7. The van der Waals surface area contributed by atoms with Crippen LogP contribution in [0.2, 0.25) is 0 Å². The molecule has 4 rings (SSSR count). The molecule has 1 aliphatic heterocycles. The zero-order valence-corrected chi connectivity index (χ0v) is 18.4. The summed E-state index contributed by atoms with van der Waals surface area (Å²) in [6.45, 7) is 1.81. The van der Waals surface area contributed by atoms with E-state index in [1.807, 2.05) is 12.1 Å². The molecule has 8 heteroatoms. The first-order chi connectivity index (χ1) is 15.1. The van der Waals surface area contributed by atoms with Crippen LogP contribution in [0.15, 0.2) is 24.3 Å². The molecule has 0 radical (unpaired) electrons. The van der Waals surface area contributed by atoms with Gasteiger partial charge in [0, 0.05) is 5.92 Å². The summed E-state index contributed by atoms with van der Waals surface area (Å²) < 4.78 is 11.1. The zero-order chi connectivity index (χ0) is 21.6. The topological polar surface area (TPSA) is 104 Å². The minimum Gasteiger partial charge on any atom is -0.482 e. The maximum Gasteiger partial charge on any atom is 0.344 e. The summed E-state index contributed by atoms with van der Waals surface area (Å²) in [5, 5.41) is 4.32. The van der Waals surface area contributed by atoms with Crippen LogP contribution in [0, 0.1) is 0 Å². The number of nitrogens with two attached hydrogens (primary N) is 1. The molecule has 7 nitrogen and oxygen atoms in total. The number of aromatic nitrogens is 1. The highest BCUT2D eigenvalue weighted by Crippen LogP contribution is 2.37. The van der Waals surface area contributed by atoms with Crippen molar-refractivity contribution in [3.63, 3.8) is 0 Å². The van der Waals surface area contributed by atoms with Crippen molar-refractivity contribution in [2.45, 2.75) is 57.0 Å². The minimum atomic E-state index is -0.516. The van der Waals surface area contributed by atoms with Crippen LogP contribution in [-0.4, -0.2) is 42.7 Å². The van der Waals surface area contributed by atoms with Crippen molar-refractivity contribution in [2.75, 3.05) is 19.7 Å². The van der Waals surface area contributed by atoms with Crippen molar-refractivity contribution in [3.8, 4) is 16.2 Å². The number of primary amides is 1. The Kier molecular flexibility index (Phi) is 7.19. The van der Waals surface area contributed by atoms with Crippen LogP contribution in [0.1, 0.15) is 66.4 Å². The van der Waals surface area contributed by atoms with E-state index in [1.54, 1.807) is 12.1 Å². The Balaban J connectivity index is 1.39. The van der Waals surface area contributed by atoms with Gasteiger partial charge in [0.05, 0.1) is 9.88 Å². The maximum atomic E-state index is 12.0. The van der Waals surface area contributed by atoms with Gasteiger partial charge in [-0.2, -0.15) is 0 Å². The largest absolute Gasteiger partial charge is 0.482 e. The summed E-state index contributed by atoms with van der Waals surface area (Å²) in [5.41, 5.74) is 6.79. The summed E-state index contributed by atoms with van der Waals surface area (Å²) in [6.07, 6.45) is 7.37. The first-order valence-corrected chi connectivity index (χ1v) is 11.9. The van der Waals surface area contributed by atoms with Crippen LogP contribution < -0.4 is 15.8 Å². The Hall–Kier alpha value is -2.45. The number of hydrogen-bond donors (Lipinski definition) is 2. The zero-order valence-electron chi connectivity index (χ0n) is 17.6. The van der Waals surface area contributed by atoms with E-state index in [2.05, 4.69) is 10.3 Å². The normalized spacial score (nSPS) is 17.9. The monoisotopic (exact) mass is 443 g/mol. The Labute approximate surface area is 186 Å². The van der Waals surface area contributed by atoms with Crippen LogP contribution >= 0.6 is 11.3 Å². The summed E-state index contributed by atoms with van der Waals surface area (Å²) in [4.78, 5) is 29.4. The number of carbonyl (C=O) groups is 2. The van der Waals surface area contributed by atoms with Gasteiger partial charge in [-0.05, 0) is 81.4 Å². The summed E-state index contributed by atoms with van der Waals surface area (Å²) in [5.74, 6) is 0.0854. The Morgan fingerprint density at radius 3 is 2.45 bits per heavy atom. The number of benzene rings is 1. The number of piperidine rings is 1. The number of carbonyl (C=O) groups excluding carboxylic acids is 2. The third kappa shape index (κ3) is 5.62. The van der Waals surface area contributed by atoms with Crippen molar-refractivity contribution in [1.82, 2.24) is 10.3 Å². The van der Waals surface area contributed by atoms with Crippen LogP contribution in [0.5, 0.6) is 5.75 Å². The van der Waals surface area contributed by atoms with Gasteiger partial charge >= 0.3 is 5.97 Å². The molecule has 1 amide bonds. The number of ether oxygens (including phenoxy) is 2. The van der Waals surface area contributed by atoms with Gasteiger partial charge in [0.1, 0.15) is 17.5 Å². The Morgan fingerprint density at radius 1 is 1.06 bits per heavy atom. The molecule has 3 N–H and O–H groups in total. The van der Waals surface area contributed by atoms with Gasteiger partial charge in [-0.15, -0.1) is 11.3 Å². The van der Waals surface area contributed by atoms with E-state index >= 15 is 0 Å². The van der Waals surface area contributed by atoms with E-state index in [-0.39, 0.29) is 18.7 Å². The lowest BCUT2D eigenvalue weighted by molar-refractivity contribution is -0.152. The third-order valence-electron chi connectivity index (χ3n) is 5.89. The molecule has 31 heavy (non-hydrogen) atoms. The molecule has 1 saturated heterocycles. The SMILES string of the molecule is NC(=O)c1nc(C2CCNCC2)sc1-c1ccc(OCC(=O)OC2CCCCC2)cc1. The minimum absolute atomic E-state index is 0.0277. The van der Waals surface area contributed by atoms with Gasteiger partial charge in [0.15, 0.2) is 6.61 Å². The third-order valence-corrected chi connectivity index (χ3v) is 7.16. The van der Waals surface area contributed by atoms with Gasteiger partial charge < -0.3 is 20.5 Å². The molecule has 0 unspecified atom stereocenters. The maximum absolute atomic E-state index is 12.0. The van der Waals surface area contributed by atoms with Crippen molar-refractivity contribution >= 4 is 23.2 Å². The fraction of sp³-hybridized carbons (Fsp3) is 0.522. The number of hydrogen-bond acceptors (Lipinski definition) is 7. The molecular formula is C23H29N3O4S. The predicted molar refractivity (Wildman–Crippen MR) is 119 cm³/mol. The van der Waals surface area contributed by atoms with E-state index in [1.165, 1.54) is 17.8 Å². The molecule has 0 spiro atoms. The fourth-order valence-electron chi connectivity index (χ4n) is 4.19. The number of thiazole rings is 1. The van der Waals surface area contributed by atoms with Crippen LogP contribution in [0.4, 0.5) is 0 Å². The highest BCUT2D eigenvalue weighted by molar-refractivity contribution is 7.15. The molecule has 2 aliphatic rings. The number of nitrogens with zero attached hydrogens (tertiary/aromatic N) is 1. The molecule has 0 bridgehead atoms. The first-order valence-electron chi connectivity index (χ1n) is 11.0. The van der Waals surface area contributed by atoms with Crippen molar-refractivity contribution in [2.24, 2.45) is 5.73 Å². The number of esters is 1.